The summed E-state index contributed by atoms with van der Waals surface area (Å²) in [5.74, 6) is 0.148. The van der Waals surface area contributed by atoms with E-state index in [1.807, 2.05) is 38.1 Å². The summed E-state index contributed by atoms with van der Waals surface area (Å²) in [6.45, 7) is 8.63. The van der Waals surface area contributed by atoms with Crippen molar-refractivity contribution in [1.29, 1.82) is 0 Å². The van der Waals surface area contributed by atoms with Gasteiger partial charge in [0.15, 0.2) is 0 Å². The van der Waals surface area contributed by atoms with Gasteiger partial charge in [-0.05, 0) is 31.9 Å². The van der Waals surface area contributed by atoms with Gasteiger partial charge in [0.05, 0.1) is 5.92 Å². The maximum Gasteiger partial charge on any atom is 0.227 e. The van der Waals surface area contributed by atoms with Crippen LogP contribution in [0.1, 0.15) is 32.8 Å². The quantitative estimate of drug-likeness (QED) is 0.925. The van der Waals surface area contributed by atoms with Crippen LogP contribution < -0.4 is 10.2 Å². The van der Waals surface area contributed by atoms with Crippen LogP contribution in [0, 0.1) is 18.8 Å². The Bertz CT molecular complexity index is 522. The minimum atomic E-state index is -0.250. The number of aryl methyl sites for hydroxylation is 1. The minimum absolute atomic E-state index is 0.0147. The van der Waals surface area contributed by atoms with Crippen molar-refractivity contribution in [2.24, 2.45) is 11.8 Å². The maximum atomic E-state index is 12.2. The number of nitrogens with one attached hydrogen (secondary N) is 1. The van der Waals surface area contributed by atoms with Crippen LogP contribution in [0.3, 0.4) is 0 Å². The molecule has 1 aromatic carbocycles. The molecule has 0 aromatic heterocycles. The second kappa shape index (κ2) is 6.29. The van der Waals surface area contributed by atoms with Gasteiger partial charge in [-0.25, -0.2) is 0 Å². The molecule has 4 heteroatoms. The maximum absolute atomic E-state index is 12.2. The molecule has 21 heavy (non-hydrogen) atoms. The van der Waals surface area contributed by atoms with E-state index in [-0.39, 0.29) is 23.8 Å². The Hall–Kier alpha value is -1.84. The molecule has 2 atom stereocenters. The second-order valence-corrected chi connectivity index (χ2v) is 6.28. The van der Waals surface area contributed by atoms with E-state index in [1.165, 1.54) is 0 Å². The Morgan fingerprint density at radius 1 is 1.24 bits per heavy atom. The second-order valence-electron chi connectivity index (χ2n) is 6.28. The van der Waals surface area contributed by atoms with Crippen LogP contribution in [0.4, 0.5) is 5.69 Å². The first-order chi connectivity index (χ1) is 9.88. The SMILES string of the molecule is Cc1ccc(N2C[C@@H](C(=O)N[C@@H](C)C(C)C)CC2=O)cc1. The van der Waals surface area contributed by atoms with Gasteiger partial charge in [0, 0.05) is 24.7 Å². The Labute approximate surface area is 126 Å². The molecule has 0 spiro atoms. The van der Waals surface area contributed by atoms with Crippen molar-refractivity contribution in [2.45, 2.75) is 40.2 Å². The fourth-order valence-electron chi connectivity index (χ4n) is 2.37. The molecule has 1 aliphatic rings. The molecule has 0 aliphatic carbocycles. The molecule has 4 nitrogen and oxygen atoms in total. The summed E-state index contributed by atoms with van der Waals surface area (Å²) in [4.78, 5) is 26.1. The van der Waals surface area contributed by atoms with E-state index < -0.39 is 0 Å². The van der Waals surface area contributed by atoms with Crippen LogP contribution in [-0.4, -0.2) is 24.4 Å². The number of amides is 2. The van der Waals surface area contributed by atoms with E-state index in [1.54, 1.807) is 4.90 Å². The zero-order chi connectivity index (χ0) is 15.6. The fraction of sp³-hybridized carbons (Fsp3) is 0.529. The summed E-state index contributed by atoms with van der Waals surface area (Å²) in [6.07, 6.45) is 0.296. The molecule has 0 saturated carbocycles. The molecule has 0 unspecified atom stereocenters. The molecule has 1 N–H and O–H groups in total. The first-order valence-electron chi connectivity index (χ1n) is 7.56. The molecule has 1 heterocycles. The van der Waals surface area contributed by atoms with Gasteiger partial charge in [0.25, 0.3) is 0 Å². The lowest BCUT2D eigenvalue weighted by atomic mass is 10.0. The van der Waals surface area contributed by atoms with Crippen LogP contribution in [-0.2, 0) is 9.59 Å². The number of hydrogen-bond acceptors (Lipinski definition) is 2. The van der Waals surface area contributed by atoms with Crippen molar-refractivity contribution in [3.63, 3.8) is 0 Å². The molecule has 0 bridgehead atoms. The number of benzene rings is 1. The highest BCUT2D eigenvalue weighted by molar-refractivity contribution is 6.00. The molecule has 1 fully saturated rings. The third-order valence-electron chi connectivity index (χ3n) is 4.21. The van der Waals surface area contributed by atoms with E-state index >= 15 is 0 Å². The van der Waals surface area contributed by atoms with Gasteiger partial charge in [0.2, 0.25) is 11.8 Å². The van der Waals surface area contributed by atoms with E-state index in [0.29, 0.717) is 18.9 Å². The summed E-state index contributed by atoms with van der Waals surface area (Å²) >= 11 is 0. The van der Waals surface area contributed by atoms with Gasteiger partial charge in [-0.1, -0.05) is 31.5 Å². The molecule has 2 amide bonds. The third kappa shape index (κ3) is 3.63. The van der Waals surface area contributed by atoms with Crippen molar-refractivity contribution in [3.05, 3.63) is 29.8 Å². The summed E-state index contributed by atoms with van der Waals surface area (Å²) in [5, 5.41) is 3.01. The average molecular weight is 288 g/mol. The van der Waals surface area contributed by atoms with Crippen molar-refractivity contribution in [1.82, 2.24) is 5.32 Å². The van der Waals surface area contributed by atoms with Crippen molar-refractivity contribution >= 4 is 17.5 Å². The standard InChI is InChI=1S/C17H24N2O2/c1-11(2)13(4)18-17(21)14-9-16(20)19(10-14)15-7-5-12(3)6-8-15/h5-8,11,13-14H,9-10H2,1-4H3,(H,18,21)/t13-,14-/m0/s1. The average Bonchev–Trinajstić information content (AvgIpc) is 2.81. The monoisotopic (exact) mass is 288 g/mol. The number of hydrogen-bond donors (Lipinski definition) is 1. The van der Waals surface area contributed by atoms with Crippen LogP contribution in [0.2, 0.25) is 0 Å². The normalized spacial score (nSPS) is 20.0. The van der Waals surface area contributed by atoms with Gasteiger partial charge >= 0.3 is 0 Å². The van der Waals surface area contributed by atoms with E-state index in [9.17, 15) is 9.59 Å². The largest absolute Gasteiger partial charge is 0.353 e. The van der Waals surface area contributed by atoms with Crippen molar-refractivity contribution in [2.75, 3.05) is 11.4 Å². The molecule has 2 rings (SSSR count). The Morgan fingerprint density at radius 2 is 1.86 bits per heavy atom. The molecule has 1 aromatic rings. The number of anilines is 1. The van der Waals surface area contributed by atoms with Crippen LogP contribution in [0.25, 0.3) is 0 Å². The third-order valence-corrected chi connectivity index (χ3v) is 4.21. The minimum Gasteiger partial charge on any atom is -0.353 e. The number of nitrogens with zero attached hydrogens (tertiary/aromatic N) is 1. The first-order valence-corrected chi connectivity index (χ1v) is 7.56. The zero-order valence-electron chi connectivity index (χ0n) is 13.2. The summed E-state index contributed by atoms with van der Waals surface area (Å²) in [5.41, 5.74) is 2.03. The van der Waals surface area contributed by atoms with Crippen molar-refractivity contribution in [3.8, 4) is 0 Å². The Balaban J connectivity index is 2.02. The van der Waals surface area contributed by atoms with Gasteiger partial charge in [-0.2, -0.15) is 0 Å². The van der Waals surface area contributed by atoms with Crippen LogP contribution in [0.5, 0.6) is 0 Å². The van der Waals surface area contributed by atoms with E-state index in [2.05, 4.69) is 19.2 Å². The van der Waals surface area contributed by atoms with E-state index in [4.69, 9.17) is 0 Å². The number of carbonyl (C=O) groups is 2. The van der Waals surface area contributed by atoms with Crippen LogP contribution >= 0.6 is 0 Å². The molecule has 114 valence electrons. The summed E-state index contributed by atoms with van der Waals surface area (Å²) < 4.78 is 0. The lowest BCUT2D eigenvalue weighted by Gasteiger charge is -2.20. The van der Waals surface area contributed by atoms with Gasteiger partial charge in [-0.15, -0.1) is 0 Å². The predicted molar refractivity (Wildman–Crippen MR) is 84.1 cm³/mol. The number of carbonyl (C=O) groups excluding carboxylic acids is 2. The Morgan fingerprint density at radius 3 is 2.43 bits per heavy atom. The molecular weight excluding hydrogens is 264 g/mol. The first kappa shape index (κ1) is 15.5. The highest BCUT2D eigenvalue weighted by atomic mass is 16.2. The lowest BCUT2D eigenvalue weighted by Crippen LogP contribution is -2.40. The van der Waals surface area contributed by atoms with Gasteiger partial charge < -0.3 is 10.2 Å². The van der Waals surface area contributed by atoms with Crippen LogP contribution in [0.15, 0.2) is 24.3 Å². The lowest BCUT2D eigenvalue weighted by molar-refractivity contribution is -0.127. The predicted octanol–water partition coefficient (Wildman–Crippen LogP) is 2.51. The van der Waals surface area contributed by atoms with Gasteiger partial charge in [-0.3, -0.25) is 9.59 Å². The van der Waals surface area contributed by atoms with Crippen molar-refractivity contribution < 1.29 is 9.59 Å². The highest BCUT2D eigenvalue weighted by Crippen LogP contribution is 2.25. The molecule has 1 aliphatic heterocycles. The topological polar surface area (TPSA) is 49.4 Å². The Kier molecular flexibility index (Phi) is 4.66. The fourth-order valence-corrected chi connectivity index (χ4v) is 2.37. The van der Waals surface area contributed by atoms with Gasteiger partial charge in [0.1, 0.15) is 0 Å². The summed E-state index contributed by atoms with van der Waals surface area (Å²) in [6, 6.07) is 7.96. The number of rotatable bonds is 4. The smallest absolute Gasteiger partial charge is 0.227 e. The highest BCUT2D eigenvalue weighted by Gasteiger charge is 2.35. The zero-order valence-corrected chi connectivity index (χ0v) is 13.2. The molecule has 0 radical (unpaired) electrons. The molecule has 1 saturated heterocycles. The van der Waals surface area contributed by atoms with E-state index in [0.717, 1.165) is 11.3 Å². The summed E-state index contributed by atoms with van der Waals surface area (Å²) in [7, 11) is 0. The molecular formula is C17H24N2O2.